The molecule has 0 saturated heterocycles. The van der Waals surface area contributed by atoms with Crippen LogP contribution in [0.2, 0.25) is 0 Å². The van der Waals surface area contributed by atoms with Gasteiger partial charge in [0.2, 0.25) is 5.95 Å². The number of benzene rings is 1. The number of hydrogen-bond donors (Lipinski definition) is 1. The summed E-state index contributed by atoms with van der Waals surface area (Å²) >= 11 is 0. The number of methoxy groups -OCH3 is 1. The zero-order valence-corrected chi connectivity index (χ0v) is 31.7. The zero-order valence-electron chi connectivity index (χ0n) is 31.7. The fourth-order valence-corrected chi connectivity index (χ4v) is 5.20. The molecule has 15 heteroatoms. The van der Waals surface area contributed by atoms with E-state index < -0.39 is 40.7 Å². The Kier molecular flexibility index (Phi) is 11.6. The largest absolute Gasteiger partial charge is 0.467 e. The van der Waals surface area contributed by atoms with E-state index in [1.54, 1.807) is 99.8 Å². The van der Waals surface area contributed by atoms with Gasteiger partial charge in [-0.1, -0.05) is 6.07 Å². The van der Waals surface area contributed by atoms with Crippen LogP contribution in [0.5, 0.6) is 5.75 Å². The molecule has 0 unspecified atom stereocenters. The highest BCUT2D eigenvalue weighted by atomic mass is 16.7. The van der Waals surface area contributed by atoms with E-state index in [9.17, 15) is 14.4 Å². The summed E-state index contributed by atoms with van der Waals surface area (Å²) in [5.41, 5.74) is -1.01. The summed E-state index contributed by atoms with van der Waals surface area (Å²) < 4.78 is 29.0. The van der Waals surface area contributed by atoms with Gasteiger partial charge in [0.15, 0.2) is 12.6 Å². The summed E-state index contributed by atoms with van der Waals surface area (Å²) in [4.78, 5) is 71.7. The number of imide groups is 1. The zero-order chi connectivity index (χ0) is 38.7. The molecule has 3 aromatic heterocycles. The maximum absolute atomic E-state index is 15.0. The molecule has 1 N–H and O–H groups in total. The van der Waals surface area contributed by atoms with Gasteiger partial charge in [-0.05, 0) is 105 Å². The number of rotatable bonds is 9. The Morgan fingerprint density at radius 3 is 2.04 bits per heavy atom. The van der Waals surface area contributed by atoms with Gasteiger partial charge < -0.3 is 29.0 Å². The van der Waals surface area contributed by atoms with Crippen molar-refractivity contribution >= 4 is 46.6 Å². The fourth-order valence-electron chi connectivity index (χ4n) is 5.20. The fraction of sp³-hybridized carbons (Fsp3) is 0.432. The molecule has 15 nitrogen and oxygen atoms in total. The summed E-state index contributed by atoms with van der Waals surface area (Å²) in [5, 5.41) is 3.02. The van der Waals surface area contributed by atoms with Crippen LogP contribution in [0.25, 0.3) is 16.6 Å². The predicted molar refractivity (Wildman–Crippen MR) is 195 cm³/mol. The number of ether oxygens (including phenoxy) is 5. The molecule has 3 heterocycles. The molecule has 0 aliphatic rings. The summed E-state index contributed by atoms with van der Waals surface area (Å²) in [6, 6.07) is 4.94. The number of carbonyl (C=O) groups excluding carboxylic acids is 3. The van der Waals surface area contributed by atoms with Crippen LogP contribution in [0, 0.1) is 27.7 Å². The molecular formula is C37H46N6O9. The first-order valence-corrected chi connectivity index (χ1v) is 16.6. The van der Waals surface area contributed by atoms with Crippen LogP contribution in [0.4, 0.5) is 27.2 Å². The molecule has 0 bridgehead atoms. The molecule has 2 amide bonds. The number of nitrogens with one attached hydrogen (secondary N) is 1. The molecule has 0 fully saturated rings. The van der Waals surface area contributed by atoms with Crippen LogP contribution in [0.15, 0.2) is 35.4 Å². The average Bonchev–Trinajstić information content (AvgIpc) is 3.02. The van der Waals surface area contributed by atoms with Gasteiger partial charge in [-0.15, -0.1) is 0 Å². The molecule has 4 aromatic rings. The van der Waals surface area contributed by atoms with Crippen LogP contribution in [-0.2, 0) is 18.9 Å². The molecule has 52 heavy (non-hydrogen) atoms. The van der Waals surface area contributed by atoms with Crippen molar-refractivity contribution in [2.24, 2.45) is 0 Å². The van der Waals surface area contributed by atoms with E-state index in [1.807, 2.05) is 6.92 Å². The van der Waals surface area contributed by atoms with Crippen molar-refractivity contribution < 1.29 is 38.1 Å². The molecule has 278 valence electrons. The number of anilines is 3. The third kappa shape index (κ3) is 8.65. The van der Waals surface area contributed by atoms with Crippen LogP contribution in [-0.4, -0.2) is 69.4 Å². The van der Waals surface area contributed by atoms with Crippen molar-refractivity contribution in [3.63, 3.8) is 0 Å². The van der Waals surface area contributed by atoms with Gasteiger partial charge >= 0.3 is 18.2 Å². The van der Waals surface area contributed by atoms with Crippen LogP contribution >= 0.6 is 0 Å². The van der Waals surface area contributed by atoms with E-state index >= 15 is 4.79 Å². The number of aromatic nitrogens is 4. The highest BCUT2D eigenvalue weighted by Gasteiger charge is 2.40. The van der Waals surface area contributed by atoms with Gasteiger partial charge in [-0.2, -0.15) is 4.90 Å². The number of aryl methyl sites for hydroxylation is 3. The molecule has 0 aliphatic heterocycles. The first-order valence-electron chi connectivity index (χ1n) is 16.6. The summed E-state index contributed by atoms with van der Waals surface area (Å²) in [6.45, 7) is 18.0. The first-order chi connectivity index (χ1) is 24.3. The van der Waals surface area contributed by atoms with Gasteiger partial charge in [0.1, 0.15) is 28.3 Å². The van der Waals surface area contributed by atoms with Crippen LogP contribution in [0.3, 0.4) is 0 Å². The van der Waals surface area contributed by atoms with Gasteiger partial charge in [0.05, 0.1) is 23.2 Å². The summed E-state index contributed by atoms with van der Waals surface area (Å²) in [7, 11) is 1.46. The minimum Gasteiger partial charge on any atom is -0.467 e. The number of amides is 2. The van der Waals surface area contributed by atoms with Crippen LogP contribution in [0.1, 0.15) is 81.1 Å². The average molecular weight is 719 g/mol. The number of carbonyl (C=O) groups is 3. The number of hydrogen-bond acceptors (Lipinski definition) is 13. The molecule has 1 aromatic carbocycles. The lowest BCUT2D eigenvalue weighted by atomic mass is 10.0. The molecule has 0 aliphatic carbocycles. The second-order valence-corrected chi connectivity index (χ2v) is 14.0. The van der Waals surface area contributed by atoms with E-state index in [4.69, 9.17) is 28.7 Å². The Morgan fingerprint density at radius 1 is 0.904 bits per heavy atom. The topological polar surface area (TPSA) is 173 Å². The second-order valence-electron chi connectivity index (χ2n) is 14.0. The quantitative estimate of drug-likeness (QED) is 0.107. The van der Waals surface area contributed by atoms with E-state index in [1.165, 1.54) is 7.11 Å². The Labute approximate surface area is 302 Å². The maximum Gasteiger partial charge on any atom is 0.425 e. The van der Waals surface area contributed by atoms with Gasteiger partial charge in [0, 0.05) is 25.1 Å². The van der Waals surface area contributed by atoms with Gasteiger partial charge in [0.25, 0.3) is 5.56 Å². The van der Waals surface area contributed by atoms with Crippen LogP contribution < -0.4 is 20.5 Å². The molecule has 4 rings (SSSR count). The Hall–Kier alpha value is -5.57. The molecule has 0 atom stereocenters. The number of esters is 1. The molecule has 0 spiro atoms. The number of nitrogens with zero attached hydrogens (tertiary/aromatic N) is 5. The minimum atomic E-state index is -1.22. The third-order valence-corrected chi connectivity index (χ3v) is 7.31. The monoisotopic (exact) mass is 718 g/mol. The Balaban J connectivity index is 2.28. The SMILES string of the molecule is CCOC(=O)c1c(N(C(=O)OC(C)(C)C)C(=O)OC(C)(C)C)n(-c2c(C)ccc(OCOC)c2C)c(=O)c2cc(C)c(Nc3ncc(C)cn3)nc12. The highest BCUT2D eigenvalue weighted by Crippen LogP contribution is 2.37. The van der Waals surface area contributed by atoms with E-state index in [2.05, 4.69) is 15.3 Å². The first kappa shape index (κ1) is 39.2. The summed E-state index contributed by atoms with van der Waals surface area (Å²) in [5.74, 6) is -0.748. The predicted octanol–water partition coefficient (Wildman–Crippen LogP) is 6.99. The lowest BCUT2D eigenvalue weighted by molar-refractivity contribution is 0.0427. The number of fused-ring (bicyclic) bond motifs is 1. The van der Waals surface area contributed by atoms with E-state index in [-0.39, 0.29) is 47.3 Å². The Morgan fingerprint density at radius 2 is 1.50 bits per heavy atom. The minimum absolute atomic E-state index is 0.0185. The maximum atomic E-state index is 15.0. The number of pyridine rings is 2. The normalized spacial score (nSPS) is 11.6. The second kappa shape index (κ2) is 15.4. The van der Waals surface area contributed by atoms with E-state index in [0.717, 1.165) is 10.1 Å². The lowest BCUT2D eigenvalue weighted by Gasteiger charge is -2.31. The van der Waals surface area contributed by atoms with Gasteiger partial charge in [-0.3, -0.25) is 9.36 Å². The molecule has 0 radical (unpaired) electrons. The molecular weight excluding hydrogens is 672 g/mol. The highest BCUT2D eigenvalue weighted by molar-refractivity contribution is 6.17. The van der Waals surface area contributed by atoms with Gasteiger partial charge in [-0.25, -0.2) is 29.3 Å². The van der Waals surface area contributed by atoms with E-state index in [0.29, 0.717) is 27.3 Å². The van der Waals surface area contributed by atoms with Crippen molar-refractivity contribution in [3.05, 3.63) is 68.8 Å². The van der Waals surface area contributed by atoms with Crippen molar-refractivity contribution in [2.45, 2.75) is 87.4 Å². The smallest absolute Gasteiger partial charge is 0.425 e. The standard InChI is InChI=1S/C37H46N6O9/c1-13-49-32(45)26-27-24(16-22(4)29(40-27)41-33-38-17-20(2)18-39-33)31(44)42(28-21(3)14-15-25(23(28)5)50-19-48-12)30(26)43(34(46)51-36(6,7)8)35(47)52-37(9,10)11/h14-18H,13,19H2,1-12H3,(H,38,39,40,41). The third-order valence-electron chi connectivity index (χ3n) is 7.31. The lowest BCUT2D eigenvalue weighted by Crippen LogP contribution is -2.47. The molecule has 0 saturated carbocycles. The Bertz CT molecular complexity index is 2030. The van der Waals surface area contributed by atoms with Crippen molar-refractivity contribution in [1.29, 1.82) is 0 Å². The van der Waals surface area contributed by atoms with Crippen molar-refractivity contribution in [3.8, 4) is 11.4 Å². The van der Waals surface area contributed by atoms with Crippen molar-refractivity contribution in [2.75, 3.05) is 30.7 Å². The summed E-state index contributed by atoms with van der Waals surface area (Å²) in [6.07, 6.45) is 0.781. The van der Waals surface area contributed by atoms with Crippen molar-refractivity contribution in [1.82, 2.24) is 19.5 Å².